The van der Waals surface area contributed by atoms with Gasteiger partial charge < -0.3 is 5.32 Å². The maximum Gasteiger partial charge on any atom is 0.255 e. The molecule has 0 spiro atoms. The Labute approximate surface area is 132 Å². The fourth-order valence-corrected chi connectivity index (χ4v) is 2.64. The molecule has 0 fully saturated rings. The minimum Gasteiger partial charge on any atom is -0.322 e. The standard InChI is InChI=1S/C13H8BrClINO/c14-9-5-8(6-10(15)7-9)13(18)17-12-3-1-11(16)2-4-12/h1-7H,(H,17,18). The number of carbonyl (C=O) groups excluding carboxylic acids is 1. The summed E-state index contributed by atoms with van der Waals surface area (Å²) in [4.78, 5) is 12.0. The lowest BCUT2D eigenvalue weighted by molar-refractivity contribution is 0.102. The molecule has 0 aliphatic rings. The number of hydrogen-bond donors (Lipinski definition) is 1. The first-order valence-electron chi connectivity index (χ1n) is 5.07. The lowest BCUT2D eigenvalue weighted by Gasteiger charge is -2.06. The number of hydrogen-bond acceptors (Lipinski definition) is 1. The number of halogens is 3. The van der Waals surface area contributed by atoms with Crippen molar-refractivity contribution in [3.63, 3.8) is 0 Å². The summed E-state index contributed by atoms with van der Waals surface area (Å²) < 4.78 is 1.90. The van der Waals surface area contributed by atoms with Crippen LogP contribution in [0, 0.1) is 3.57 Å². The van der Waals surface area contributed by atoms with E-state index in [4.69, 9.17) is 11.6 Å². The monoisotopic (exact) mass is 435 g/mol. The number of amides is 1. The zero-order chi connectivity index (χ0) is 13.1. The van der Waals surface area contributed by atoms with Gasteiger partial charge in [-0.05, 0) is 65.1 Å². The molecule has 0 aliphatic carbocycles. The van der Waals surface area contributed by atoms with Crippen LogP contribution in [0.2, 0.25) is 5.02 Å². The van der Waals surface area contributed by atoms with Crippen LogP contribution in [0.15, 0.2) is 46.9 Å². The predicted octanol–water partition coefficient (Wildman–Crippen LogP) is 4.96. The highest BCUT2D eigenvalue weighted by molar-refractivity contribution is 14.1. The van der Waals surface area contributed by atoms with Gasteiger partial charge in [0.05, 0.1) is 0 Å². The van der Waals surface area contributed by atoms with Crippen LogP contribution in [0.5, 0.6) is 0 Å². The topological polar surface area (TPSA) is 29.1 Å². The summed E-state index contributed by atoms with van der Waals surface area (Å²) in [5.74, 6) is -0.181. The van der Waals surface area contributed by atoms with Gasteiger partial charge >= 0.3 is 0 Å². The molecule has 0 bridgehead atoms. The van der Waals surface area contributed by atoms with Crippen LogP contribution in [0.4, 0.5) is 5.69 Å². The highest BCUT2D eigenvalue weighted by Gasteiger charge is 2.08. The van der Waals surface area contributed by atoms with E-state index < -0.39 is 0 Å². The second kappa shape index (κ2) is 6.04. The van der Waals surface area contributed by atoms with Gasteiger partial charge in [-0.15, -0.1) is 0 Å². The molecule has 5 heteroatoms. The number of rotatable bonds is 2. The Kier molecular flexibility index (Phi) is 4.64. The van der Waals surface area contributed by atoms with Gasteiger partial charge in [0.2, 0.25) is 0 Å². The molecule has 92 valence electrons. The average molecular weight is 436 g/mol. The maximum absolute atomic E-state index is 12.0. The Bertz CT molecular complexity index is 566. The van der Waals surface area contributed by atoms with Crippen molar-refractivity contribution in [2.24, 2.45) is 0 Å². The fraction of sp³-hybridized carbons (Fsp3) is 0. The van der Waals surface area contributed by atoms with E-state index >= 15 is 0 Å². The van der Waals surface area contributed by atoms with Gasteiger partial charge in [-0.3, -0.25) is 4.79 Å². The number of anilines is 1. The van der Waals surface area contributed by atoms with E-state index in [1.807, 2.05) is 24.3 Å². The molecule has 0 saturated carbocycles. The Morgan fingerprint density at radius 1 is 1.17 bits per heavy atom. The van der Waals surface area contributed by atoms with Gasteiger partial charge in [0, 0.05) is 24.3 Å². The van der Waals surface area contributed by atoms with Crippen molar-refractivity contribution in [1.82, 2.24) is 0 Å². The highest BCUT2D eigenvalue weighted by Crippen LogP contribution is 2.20. The second-order valence-electron chi connectivity index (χ2n) is 3.62. The summed E-state index contributed by atoms with van der Waals surface area (Å²) in [7, 11) is 0. The highest BCUT2D eigenvalue weighted by atomic mass is 127. The molecule has 2 aromatic rings. The zero-order valence-electron chi connectivity index (χ0n) is 9.08. The van der Waals surface area contributed by atoms with Gasteiger partial charge in [0.15, 0.2) is 0 Å². The van der Waals surface area contributed by atoms with Gasteiger partial charge in [-0.1, -0.05) is 27.5 Å². The lowest BCUT2D eigenvalue weighted by Crippen LogP contribution is -2.11. The molecule has 18 heavy (non-hydrogen) atoms. The number of benzene rings is 2. The van der Waals surface area contributed by atoms with E-state index in [9.17, 15) is 4.79 Å². The van der Waals surface area contributed by atoms with Gasteiger partial charge in [-0.2, -0.15) is 0 Å². The first kappa shape index (κ1) is 13.8. The molecule has 0 unspecified atom stereocenters. The molecule has 2 aromatic carbocycles. The molecule has 1 amide bonds. The third-order valence-corrected chi connectivity index (χ3v) is 3.62. The third-order valence-electron chi connectivity index (χ3n) is 2.23. The normalized spacial score (nSPS) is 10.2. The summed E-state index contributed by atoms with van der Waals surface area (Å²) in [6, 6.07) is 12.7. The van der Waals surface area contributed by atoms with Crippen molar-refractivity contribution in [1.29, 1.82) is 0 Å². The molecular weight excluding hydrogens is 428 g/mol. The minimum absolute atomic E-state index is 0.181. The van der Waals surface area contributed by atoms with E-state index in [1.165, 1.54) is 0 Å². The van der Waals surface area contributed by atoms with E-state index in [2.05, 4.69) is 43.8 Å². The van der Waals surface area contributed by atoms with Gasteiger partial charge in [-0.25, -0.2) is 0 Å². The van der Waals surface area contributed by atoms with Crippen molar-refractivity contribution < 1.29 is 4.79 Å². The van der Waals surface area contributed by atoms with E-state index in [-0.39, 0.29) is 5.91 Å². The van der Waals surface area contributed by atoms with Crippen molar-refractivity contribution in [2.75, 3.05) is 5.32 Å². The van der Waals surface area contributed by atoms with Crippen LogP contribution in [0.1, 0.15) is 10.4 Å². The van der Waals surface area contributed by atoms with Crippen LogP contribution < -0.4 is 5.32 Å². The summed E-state index contributed by atoms with van der Waals surface area (Å²) in [5.41, 5.74) is 1.28. The maximum atomic E-state index is 12.0. The largest absolute Gasteiger partial charge is 0.322 e. The minimum atomic E-state index is -0.181. The zero-order valence-corrected chi connectivity index (χ0v) is 13.6. The Hall–Kier alpha value is -0.590. The molecule has 2 nitrogen and oxygen atoms in total. The van der Waals surface area contributed by atoms with E-state index in [1.54, 1.807) is 18.2 Å². The third kappa shape index (κ3) is 3.70. The van der Waals surface area contributed by atoms with Gasteiger partial charge in [0.25, 0.3) is 5.91 Å². The molecule has 0 heterocycles. The summed E-state index contributed by atoms with van der Waals surface area (Å²) in [5, 5.41) is 3.34. The first-order chi connectivity index (χ1) is 8.54. The fourth-order valence-electron chi connectivity index (χ4n) is 1.42. The lowest BCUT2D eigenvalue weighted by atomic mass is 10.2. The van der Waals surface area contributed by atoms with Crippen molar-refractivity contribution in [3.05, 3.63) is 61.1 Å². The molecule has 0 aliphatic heterocycles. The quantitative estimate of drug-likeness (QED) is 0.663. The van der Waals surface area contributed by atoms with Crippen LogP contribution in [-0.2, 0) is 0 Å². The Balaban J connectivity index is 2.19. The average Bonchev–Trinajstić information content (AvgIpc) is 2.31. The molecule has 0 saturated heterocycles. The van der Waals surface area contributed by atoms with Crippen LogP contribution in [0.25, 0.3) is 0 Å². The van der Waals surface area contributed by atoms with Crippen LogP contribution >= 0.6 is 50.1 Å². The van der Waals surface area contributed by atoms with Crippen molar-refractivity contribution in [2.45, 2.75) is 0 Å². The van der Waals surface area contributed by atoms with Crippen molar-refractivity contribution in [3.8, 4) is 0 Å². The second-order valence-corrected chi connectivity index (χ2v) is 6.22. The van der Waals surface area contributed by atoms with Gasteiger partial charge in [0.1, 0.15) is 0 Å². The number of carbonyl (C=O) groups is 1. The van der Waals surface area contributed by atoms with E-state index in [0.717, 1.165) is 13.7 Å². The van der Waals surface area contributed by atoms with Crippen LogP contribution in [-0.4, -0.2) is 5.91 Å². The summed E-state index contributed by atoms with van der Waals surface area (Å²) in [6.07, 6.45) is 0. The molecule has 1 N–H and O–H groups in total. The van der Waals surface area contributed by atoms with Crippen molar-refractivity contribution >= 4 is 61.7 Å². The molecule has 0 radical (unpaired) electrons. The summed E-state index contributed by atoms with van der Waals surface area (Å²) in [6.45, 7) is 0. The Morgan fingerprint density at radius 2 is 1.83 bits per heavy atom. The molecule has 0 atom stereocenters. The Morgan fingerprint density at radius 3 is 2.44 bits per heavy atom. The smallest absolute Gasteiger partial charge is 0.255 e. The molecule has 0 aromatic heterocycles. The summed E-state index contributed by atoms with van der Waals surface area (Å²) >= 11 is 11.4. The SMILES string of the molecule is O=C(Nc1ccc(I)cc1)c1cc(Cl)cc(Br)c1. The molecule has 2 rings (SSSR count). The van der Waals surface area contributed by atoms with Crippen LogP contribution in [0.3, 0.4) is 0 Å². The predicted molar refractivity (Wildman–Crippen MR) is 86.3 cm³/mol. The first-order valence-corrected chi connectivity index (χ1v) is 7.32. The molecular formula is C13H8BrClINO. The van der Waals surface area contributed by atoms with E-state index in [0.29, 0.717) is 10.6 Å². The number of nitrogens with one attached hydrogen (secondary N) is 1.